The van der Waals surface area contributed by atoms with Gasteiger partial charge in [0.2, 0.25) is 20.2 Å². The fourth-order valence-corrected chi connectivity index (χ4v) is 9.88. The maximum atomic E-state index is 12.4. The zero-order valence-electron chi connectivity index (χ0n) is 33.5. The monoisotopic (exact) mass is 958 g/mol. The predicted molar refractivity (Wildman–Crippen MR) is 248 cm³/mol. The van der Waals surface area contributed by atoms with Gasteiger partial charge in [-0.25, -0.2) is 18.4 Å². The zero-order chi connectivity index (χ0) is 44.8. The highest BCUT2D eigenvalue weighted by Crippen LogP contribution is 2.26. The molecule has 0 spiro atoms. The molecule has 6 aromatic heterocycles. The minimum absolute atomic E-state index is 0.00303. The second kappa shape index (κ2) is 19.7. The molecular formula is C44H36Cl2N6O7S4. The van der Waals surface area contributed by atoms with E-state index in [1.807, 2.05) is 24.3 Å². The van der Waals surface area contributed by atoms with E-state index in [1.165, 1.54) is 43.9 Å². The summed E-state index contributed by atoms with van der Waals surface area (Å²) in [6.07, 6.45) is 10.6. The second-order valence-electron chi connectivity index (χ2n) is 13.9. The average molecular weight is 960 g/mol. The van der Waals surface area contributed by atoms with Crippen molar-refractivity contribution in [2.45, 2.75) is 36.0 Å². The molecule has 1 unspecified atom stereocenters. The standard InChI is InChI=1S/C22H18ClN3O4S2.C22H18ClN3O3S2/c1-32(29,30)22-24-15(5-10-18(27)19-11-12-20(23)31-19)14-26(22)17-8-6-16(7-9-17)25-13-3-2-4-21(25)28;1-31(29)22-24-15(5-10-18(27)19-11-12-20(23)30-19)14-26(22)17-8-6-16(7-9-17)25-13-3-2-4-21(25)28/h2-4,6-9,11-14H,5,10H2,1H3;2-4,6-9,11-14H,5,10H2,1H3. The van der Waals surface area contributed by atoms with Crippen LogP contribution in [0.5, 0.6) is 0 Å². The Bertz CT molecular complexity index is 3200. The lowest BCUT2D eigenvalue weighted by Crippen LogP contribution is -2.15. The van der Waals surface area contributed by atoms with Crippen molar-refractivity contribution in [1.29, 1.82) is 0 Å². The van der Waals surface area contributed by atoms with E-state index in [0.717, 1.165) is 17.6 Å². The number of hydrogen-bond acceptors (Lipinski definition) is 11. The van der Waals surface area contributed by atoms with E-state index < -0.39 is 20.6 Å². The molecule has 13 nitrogen and oxygen atoms in total. The Morgan fingerprint density at radius 3 is 1.41 bits per heavy atom. The summed E-state index contributed by atoms with van der Waals surface area (Å²) >= 11 is 14.3. The van der Waals surface area contributed by atoms with Crippen LogP contribution in [0.25, 0.3) is 22.7 Å². The van der Waals surface area contributed by atoms with Crippen molar-refractivity contribution in [3.63, 3.8) is 0 Å². The molecule has 1 atom stereocenters. The summed E-state index contributed by atoms with van der Waals surface area (Å²) in [7, 11) is -4.94. The van der Waals surface area contributed by atoms with E-state index in [4.69, 9.17) is 23.2 Å². The van der Waals surface area contributed by atoms with Crippen LogP contribution in [-0.2, 0) is 33.5 Å². The van der Waals surface area contributed by atoms with Crippen LogP contribution in [0.15, 0.2) is 154 Å². The van der Waals surface area contributed by atoms with Gasteiger partial charge in [0, 0.05) is 85.0 Å². The number of Topliss-reactive ketones (excluding diaryl/α,β-unsaturated/α-hetero) is 2. The molecule has 0 N–H and O–H groups in total. The van der Waals surface area contributed by atoms with E-state index in [-0.39, 0.29) is 34.3 Å². The Morgan fingerprint density at radius 2 is 1.02 bits per heavy atom. The molecule has 0 saturated carbocycles. The Labute approximate surface area is 381 Å². The van der Waals surface area contributed by atoms with Crippen molar-refractivity contribution in [3.8, 4) is 22.7 Å². The number of thiophene rings is 2. The van der Waals surface area contributed by atoms with Gasteiger partial charge in [0.1, 0.15) is 0 Å². The first kappa shape index (κ1) is 45.2. The smallest absolute Gasteiger partial charge is 0.255 e. The number of halogens is 2. The Hall–Kier alpha value is -5.82. The number of aromatic nitrogens is 6. The Kier molecular flexibility index (Phi) is 14.1. The fraction of sp³-hybridized carbons (Fsp3) is 0.136. The van der Waals surface area contributed by atoms with Crippen molar-refractivity contribution in [3.05, 3.63) is 185 Å². The molecule has 0 aliphatic rings. The quantitative estimate of drug-likeness (QED) is 0.0977. The molecule has 0 aliphatic heterocycles. The second-order valence-corrected chi connectivity index (χ2v) is 20.5. The molecule has 8 aromatic rings. The highest BCUT2D eigenvalue weighted by molar-refractivity contribution is 7.90. The summed E-state index contributed by atoms with van der Waals surface area (Å²) in [5.41, 5.74) is 3.62. The summed E-state index contributed by atoms with van der Waals surface area (Å²) in [5, 5.41) is 0.301. The largest absolute Gasteiger partial charge is 0.293 e. The molecular weight excluding hydrogens is 924 g/mol. The van der Waals surface area contributed by atoms with E-state index >= 15 is 0 Å². The first-order valence-corrected chi connectivity index (χ1v) is 24.8. The number of carbonyl (C=O) groups excluding carboxylic acids is 2. The average Bonchev–Trinajstić information content (AvgIpc) is 4.10. The predicted octanol–water partition coefficient (Wildman–Crippen LogP) is 8.25. The number of rotatable bonds is 14. The lowest BCUT2D eigenvalue weighted by molar-refractivity contribution is 0.0978. The number of hydrogen-bond donors (Lipinski definition) is 0. The normalized spacial score (nSPS) is 11.8. The number of ketones is 2. The Morgan fingerprint density at radius 1 is 0.603 bits per heavy atom. The number of imidazole rings is 2. The number of aryl methyl sites for hydroxylation is 2. The molecule has 0 radical (unpaired) electrons. The molecule has 63 heavy (non-hydrogen) atoms. The van der Waals surface area contributed by atoms with Crippen LogP contribution in [0.1, 0.15) is 43.6 Å². The highest BCUT2D eigenvalue weighted by atomic mass is 35.5. The van der Waals surface area contributed by atoms with Crippen LogP contribution in [0, 0.1) is 0 Å². The van der Waals surface area contributed by atoms with Crippen molar-refractivity contribution in [1.82, 2.24) is 28.2 Å². The summed E-state index contributed by atoms with van der Waals surface area (Å²) in [4.78, 5) is 58.7. The van der Waals surface area contributed by atoms with Gasteiger partial charge < -0.3 is 0 Å². The lowest BCUT2D eigenvalue weighted by Gasteiger charge is -2.09. The third kappa shape index (κ3) is 11.0. The minimum atomic E-state index is -3.62. The van der Waals surface area contributed by atoms with E-state index in [9.17, 15) is 31.8 Å². The van der Waals surface area contributed by atoms with E-state index in [2.05, 4.69) is 9.97 Å². The first-order valence-electron chi connectivity index (χ1n) is 19.0. The number of nitrogens with zero attached hydrogens (tertiary/aromatic N) is 6. The third-order valence-corrected chi connectivity index (χ3v) is 13.7. The molecule has 6 heterocycles. The number of sulfone groups is 1. The number of carbonyl (C=O) groups is 2. The molecule has 0 saturated heterocycles. The van der Waals surface area contributed by atoms with Gasteiger partial charge in [0.15, 0.2) is 11.6 Å². The van der Waals surface area contributed by atoms with Crippen molar-refractivity contribution < 1.29 is 22.2 Å². The van der Waals surface area contributed by atoms with Crippen LogP contribution >= 0.6 is 45.9 Å². The molecule has 19 heteroatoms. The summed E-state index contributed by atoms with van der Waals surface area (Å²) in [5.74, 6) is -0.0710. The zero-order valence-corrected chi connectivity index (χ0v) is 38.2. The first-order chi connectivity index (χ1) is 30.1. The summed E-state index contributed by atoms with van der Waals surface area (Å²) in [6.45, 7) is 0. The van der Waals surface area contributed by atoms with Crippen LogP contribution in [0.4, 0.5) is 0 Å². The van der Waals surface area contributed by atoms with Crippen molar-refractivity contribution >= 4 is 78.1 Å². The van der Waals surface area contributed by atoms with Crippen LogP contribution < -0.4 is 11.1 Å². The van der Waals surface area contributed by atoms with Crippen LogP contribution in [0.2, 0.25) is 8.67 Å². The van der Waals surface area contributed by atoms with Gasteiger partial charge in [-0.15, -0.1) is 22.7 Å². The summed E-state index contributed by atoms with van der Waals surface area (Å²) < 4.78 is 44.3. The molecule has 8 rings (SSSR count). The van der Waals surface area contributed by atoms with E-state index in [1.54, 1.807) is 113 Å². The molecule has 0 aliphatic carbocycles. The molecule has 2 aromatic carbocycles. The highest BCUT2D eigenvalue weighted by Gasteiger charge is 2.21. The molecule has 0 amide bonds. The topological polar surface area (TPSA) is 165 Å². The van der Waals surface area contributed by atoms with Crippen LogP contribution in [0.3, 0.4) is 0 Å². The number of benzene rings is 2. The van der Waals surface area contributed by atoms with Gasteiger partial charge in [-0.2, -0.15) is 0 Å². The Balaban J connectivity index is 0.000000189. The van der Waals surface area contributed by atoms with E-state index in [0.29, 0.717) is 65.6 Å². The molecule has 322 valence electrons. The maximum absolute atomic E-state index is 12.4. The van der Waals surface area contributed by atoms with Crippen molar-refractivity contribution in [2.75, 3.05) is 12.5 Å². The van der Waals surface area contributed by atoms with Gasteiger partial charge >= 0.3 is 0 Å². The SMILES string of the molecule is CS(=O)(=O)c1nc(CCC(=O)c2ccc(Cl)s2)cn1-c1ccc(-n2ccccc2=O)cc1.CS(=O)c1nc(CCC(=O)c2ccc(Cl)s2)cn1-c1ccc(-n2ccccc2=O)cc1. The molecule has 0 bridgehead atoms. The van der Waals surface area contributed by atoms with Gasteiger partial charge in [0.25, 0.3) is 11.1 Å². The number of pyridine rings is 2. The van der Waals surface area contributed by atoms with Gasteiger partial charge in [-0.1, -0.05) is 35.3 Å². The minimum Gasteiger partial charge on any atom is -0.293 e. The van der Waals surface area contributed by atoms with Gasteiger partial charge in [-0.3, -0.25) is 41.7 Å². The summed E-state index contributed by atoms with van der Waals surface area (Å²) in [6, 6.07) is 30.9. The van der Waals surface area contributed by atoms with Crippen LogP contribution in [-0.4, -0.2) is 64.9 Å². The van der Waals surface area contributed by atoms with Gasteiger partial charge in [0.05, 0.1) is 40.6 Å². The molecule has 0 fully saturated rings. The maximum Gasteiger partial charge on any atom is 0.255 e. The van der Waals surface area contributed by atoms with Gasteiger partial charge in [-0.05, 0) is 97.8 Å². The third-order valence-electron chi connectivity index (χ3n) is 9.41. The lowest BCUT2D eigenvalue weighted by atomic mass is 10.1. The van der Waals surface area contributed by atoms with Crippen molar-refractivity contribution in [2.24, 2.45) is 0 Å². The fourth-order valence-electron chi connectivity index (χ4n) is 6.38.